The van der Waals surface area contributed by atoms with Gasteiger partial charge in [0.15, 0.2) is 0 Å². The molecule has 0 aromatic heterocycles. The molecule has 0 aliphatic rings. The van der Waals surface area contributed by atoms with E-state index in [2.05, 4.69) is 6.04 Å². The van der Waals surface area contributed by atoms with Crippen LogP contribution in [-0.4, -0.2) is 38.7 Å². The first kappa shape index (κ1) is 10.3. The Morgan fingerprint density at radius 3 is 1.67 bits per heavy atom. The summed E-state index contributed by atoms with van der Waals surface area (Å²) >= 11 is 0.125. The van der Waals surface area contributed by atoms with E-state index in [1.807, 2.05) is 0 Å². The zero-order valence-corrected chi connectivity index (χ0v) is 7.11. The fourth-order valence-electron chi connectivity index (χ4n) is 0. The van der Waals surface area contributed by atoms with Crippen molar-refractivity contribution in [1.82, 2.24) is 0 Å². The Kier molecular flexibility index (Phi) is 27.9. The van der Waals surface area contributed by atoms with Crippen LogP contribution in [0, 0.1) is 0 Å². The van der Waals surface area contributed by atoms with Crippen molar-refractivity contribution in [3.05, 3.63) is 0 Å². The van der Waals surface area contributed by atoms with E-state index in [0.717, 1.165) is 0 Å². The van der Waals surface area contributed by atoms with E-state index >= 15 is 0 Å². The summed E-state index contributed by atoms with van der Waals surface area (Å²) in [5, 5.41) is 0. The van der Waals surface area contributed by atoms with Gasteiger partial charge in [-0.15, -0.1) is 0 Å². The Hall–Kier alpha value is 1.32. The van der Waals surface area contributed by atoms with Gasteiger partial charge in [0.25, 0.3) is 0 Å². The van der Waals surface area contributed by atoms with E-state index in [9.17, 15) is 0 Å². The molecule has 1 N–H and O–H groups in total. The fraction of sp³-hybridized carbons (Fsp3) is 1.00. The predicted octanol–water partition coefficient (Wildman–Crippen LogP) is 0.972. The minimum atomic E-state index is -0.833. The van der Waals surface area contributed by atoms with E-state index < -0.39 is 8.69 Å². The van der Waals surface area contributed by atoms with Crippen molar-refractivity contribution in [1.29, 1.82) is 0 Å². The van der Waals surface area contributed by atoms with E-state index in [0.29, 0.717) is 0 Å². The summed E-state index contributed by atoms with van der Waals surface area (Å²) < 4.78 is 13.1. The van der Waals surface area contributed by atoms with Crippen LogP contribution in [0.25, 0.3) is 0 Å². The second-order valence-electron chi connectivity index (χ2n) is 0.789. The van der Waals surface area contributed by atoms with Crippen molar-refractivity contribution in [2.24, 2.45) is 0 Å². The molecule has 0 saturated carbocycles. The third-order valence-electron chi connectivity index (χ3n) is 0. The normalized spacial score (nSPS) is 5.17. The zero-order chi connectivity index (χ0) is 5.41. The average molecular weight is 134 g/mol. The Labute approximate surface area is 57.5 Å². The van der Waals surface area contributed by atoms with E-state index in [-0.39, 0.29) is 33.8 Å². The topological polar surface area (TPSA) is 37.3 Å². The summed E-state index contributed by atoms with van der Waals surface area (Å²) in [5.74, 6) is 0. The van der Waals surface area contributed by atoms with Gasteiger partial charge < -0.3 is 4.89 Å². The van der Waals surface area contributed by atoms with Gasteiger partial charge in [0.2, 0.25) is 0 Å². The molecule has 0 spiro atoms. The van der Waals surface area contributed by atoms with Gasteiger partial charge in [-0.05, 0) is 0 Å². The molecule has 0 atom stereocenters. The van der Waals surface area contributed by atoms with Crippen LogP contribution < -0.4 is 0 Å². The summed E-state index contributed by atoms with van der Waals surface area (Å²) in [6.45, 7) is 0. The molecule has 0 unspecified atom stereocenters. The molecule has 0 bridgehead atoms. The molecule has 0 aliphatic heterocycles. The van der Waals surface area contributed by atoms with Crippen molar-refractivity contribution < 1.29 is 9.46 Å². The molecule has 0 aliphatic carbocycles. The molecule has 0 aromatic carbocycles. The van der Waals surface area contributed by atoms with Gasteiger partial charge in [0.05, 0.1) is 0 Å². The van der Waals surface area contributed by atoms with Gasteiger partial charge in [-0.25, -0.2) is 4.57 Å². The van der Waals surface area contributed by atoms with Crippen LogP contribution in [0.15, 0.2) is 0 Å². The summed E-state index contributed by atoms with van der Waals surface area (Å²) in [7, 11) is -0.833. The molecule has 34 valence electrons. The summed E-state index contributed by atoms with van der Waals surface area (Å²) in [6.07, 6.45) is 0. The van der Waals surface area contributed by atoms with Gasteiger partial charge in [-0.2, -0.15) is 0 Å². The molecule has 0 saturated heterocycles. The van der Waals surface area contributed by atoms with Crippen LogP contribution in [0.2, 0.25) is 6.04 Å². The average Bonchev–Trinajstić information content (AvgIpc) is 1.39. The first-order valence-corrected chi connectivity index (χ1v) is 6.98. The van der Waals surface area contributed by atoms with E-state index in [1.54, 1.807) is 0 Å². The molecule has 0 amide bonds. The van der Waals surface area contributed by atoms with Crippen molar-refractivity contribution in [2.75, 3.05) is 0 Å². The first-order chi connectivity index (χ1) is 2.83. The first-order valence-electron chi connectivity index (χ1n) is 1.80. The van der Waals surface area contributed by atoms with E-state index in [1.165, 1.54) is 0 Å². The zero-order valence-electron chi connectivity index (χ0n) is 4.01. The van der Waals surface area contributed by atoms with Crippen molar-refractivity contribution in [2.45, 2.75) is 6.04 Å². The van der Waals surface area contributed by atoms with Crippen molar-refractivity contribution >= 4 is 42.5 Å². The number of hydrogen-bond acceptors (Lipinski definition) is 1. The molecule has 0 radical (unpaired) electrons. The van der Waals surface area contributed by atoms with Gasteiger partial charge in [-0.3, -0.25) is 0 Å². The Morgan fingerprint density at radius 2 is 1.67 bits per heavy atom. The van der Waals surface area contributed by atoms with Crippen LogP contribution >= 0.6 is 8.69 Å². The van der Waals surface area contributed by atoms with Gasteiger partial charge in [0.1, 0.15) is 0 Å². The van der Waals surface area contributed by atoms with Crippen LogP contribution in [-0.2, 0) is 4.57 Å². The number of rotatable bonds is 0. The molecular formula is C2H7CaO2P. The Morgan fingerprint density at radius 1 is 1.67 bits per heavy atom. The van der Waals surface area contributed by atoms with Gasteiger partial charge in [0, 0.05) is 0 Å². The van der Waals surface area contributed by atoms with Crippen molar-refractivity contribution in [3.63, 3.8) is 0 Å². The summed E-state index contributed by atoms with van der Waals surface area (Å²) in [5.41, 5.74) is 0. The number of hydrogen-bond donors (Lipinski definition) is 1. The molecule has 0 fully saturated rings. The van der Waals surface area contributed by atoms with Crippen LogP contribution in [0.4, 0.5) is 0 Å². The fourth-order valence-corrected chi connectivity index (χ4v) is 0. The molecule has 4 heteroatoms. The quantitative estimate of drug-likeness (QED) is 0.396. The van der Waals surface area contributed by atoms with Crippen LogP contribution in [0.1, 0.15) is 0 Å². The second kappa shape index (κ2) is 16.2. The van der Waals surface area contributed by atoms with Gasteiger partial charge >= 0.3 is 48.6 Å². The Bertz CT molecular complexity index is 25.5. The maximum atomic E-state index is 8.46. The maximum absolute atomic E-state index is 8.46. The van der Waals surface area contributed by atoms with Crippen LogP contribution in [0.3, 0.4) is 0 Å². The third kappa shape index (κ3) is 57.0. The molecular weight excluding hydrogens is 127 g/mol. The molecule has 0 rings (SSSR count). The van der Waals surface area contributed by atoms with Crippen LogP contribution in [0.5, 0.6) is 0 Å². The molecule has 6 heavy (non-hydrogen) atoms. The molecule has 0 aromatic rings. The molecule has 0 heterocycles. The predicted molar refractivity (Wildman–Crippen MR) is 27.3 cm³/mol. The minimum absolute atomic E-state index is 0.125. The van der Waals surface area contributed by atoms with Crippen molar-refractivity contribution in [3.8, 4) is 0 Å². The Balaban J connectivity index is 0. The van der Waals surface area contributed by atoms with Gasteiger partial charge in [-0.1, -0.05) is 0 Å². The third-order valence-corrected chi connectivity index (χ3v) is 0. The standard InChI is InChI=1S/2CH3.Ca.HO2P/c;;;1-3-2/h2*1H3;;(H,1,2). The second-order valence-corrected chi connectivity index (χ2v) is 3.16. The monoisotopic (exact) mass is 134 g/mol. The summed E-state index contributed by atoms with van der Waals surface area (Å²) in [6, 6.07) is 0. The summed E-state index contributed by atoms with van der Waals surface area (Å²) in [4.78, 5) is 6.99. The van der Waals surface area contributed by atoms with E-state index in [4.69, 9.17) is 9.46 Å². The molecule has 2 nitrogen and oxygen atoms in total. The SMILES string of the molecule is O=PO.[CH3][Ca][CH3].